The van der Waals surface area contributed by atoms with Gasteiger partial charge in [-0.05, 0) is 36.5 Å². The lowest BCUT2D eigenvalue weighted by atomic mass is 9.77. The van der Waals surface area contributed by atoms with Gasteiger partial charge in [0.15, 0.2) is 0 Å². The molecule has 19 heavy (non-hydrogen) atoms. The molecule has 0 aliphatic carbocycles. The Morgan fingerprint density at radius 2 is 1.79 bits per heavy atom. The van der Waals surface area contributed by atoms with Gasteiger partial charge in [0.05, 0.1) is 19.6 Å². The summed E-state index contributed by atoms with van der Waals surface area (Å²) in [6.07, 6.45) is 0.687. The highest BCUT2D eigenvalue weighted by Gasteiger charge is 2.32. The highest BCUT2D eigenvalue weighted by molar-refractivity contribution is 5.73. The van der Waals surface area contributed by atoms with Crippen LogP contribution in [-0.2, 0) is 16.0 Å². The maximum atomic E-state index is 12.1. The molecule has 0 radical (unpaired) electrons. The Kier molecular flexibility index (Phi) is 5.40. The predicted octanol–water partition coefficient (Wildman–Crippen LogP) is 3.46. The third-order valence-corrected chi connectivity index (χ3v) is 3.22. The molecule has 0 aliphatic heterocycles. The first kappa shape index (κ1) is 15.5. The number of carbonyl (C=O) groups excluding carboxylic acids is 1. The van der Waals surface area contributed by atoms with E-state index < -0.39 is 0 Å². The van der Waals surface area contributed by atoms with E-state index in [4.69, 9.17) is 9.47 Å². The second-order valence-corrected chi connectivity index (χ2v) is 5.72. The van der Waals surface area contributed by atoms with Gasteiger partial charge in [-0.15, -0.1) is 0 Å². The van der Waals surface area contributed by atoms with E-state index in [1.807, 2.05) is 31.2 Å². The van der Waals surface area contributed by atoms with Crippen molar-refractivity contribution in [3.63, 3.8) is 0 Å². The van der Waals surface area contributed by atoms with Crippen molar-refractivity contribution in [3.05, 3.63) is 29.8 Å². The van der Waals surface area contributed by atoms with Gasteiger partial charge in [-0.1, -0.05) is 32.9 Å². The van der Waals surface area contributed by atoms with Crippen molar-refractivity contribution in [3.8, 4) is 5.75 Å². The van der Waals surface area contributed by atoms with E-state index in [0.717, 1.165) is 11.3 Å². The Labute approximate surface area is 115 Å². The molecule has 0 aromatic heterocycles. The third kappa shape index (κ3) is 4.58. The van der Waals surface area contributed by atoms with Gasteiger partial charge in [0.25, 0.3) is 0 Å². The van der Waals surface area contributed by atoms with E-state index in [2.05, 4.69) is 20.8 Å². The molecule has 0 unspecified atom stereocenters. The highest BCUT2D eigenvalue weighted by atomic mass is 16.5. The van der Waals surface area contributed by atoms with E-state index in [-0.39, 0.29) is 17.3 Å². The second kappa shape index (κ2) is 6.60. The van der Waals surface area contributed by atoms with Crippen molar-refractivity contribution in [2.24, 2.45) is 11.3 Å². The molecular formula is C16H24O3. The van der Waals surface area contributed by atoms with Crippen LogP contribution in [0.4, 0.5) is 0 Å². The molecule has 1 aromatic rings. The van der Waals surface area contributed by atoms with Gasteiger partial charge in [0.1, 0.15) is 5.75 Å². The number of methoxy groups -OCH3 is 1. The zero-order valence-electron chi connectivity index (χ0n) is 12.5. The van der Waals surface area contributed by atoms with Gasteiger partial charge in [-0.2, -0.15) is 0 Å². The van der Waals surface area contributed by atoms with Crippen molar-refractivity contribution in [1.29, 1.82) is 0 Å². The van der Waals surface area contributed by atoms with Crippen LogP contribution in [0.1, 0.15) is 33.3 Å². The molecule has 0 saturated carbocycles. The summed E-state index contributed by atoms with van der Waals surface area (Å²) < 4.78 is 10.3. The first-order valence-corrected chi connectivity index (χ1v) is 6.68. The maximum Gasteiger partial charge on any atom is 0.309 e. The fraction of sp³-hybridized carbons (Fsp3) is 0.562. The lowest BCUT2D eigenvalue weighted by Gasteiger charge is -2.28. The number of hydrogen-bond donors (Lipinski definition) is 0. The summed E-state index contributed by atoms with van der Waals surface area (Å²) >= 11 is 0. The molecule has 0 aliphatic rings. The summed E-state index contributed by atoms with van der Waals surface area (Å²) in [6, 6.07) is 7.83. The molecule has 0 spiro atoms. The number of ether oxygens (including phenoxy) is 2. The van der Waals surface area contributed by atoms with Gasteiger partial charge in [0, 0.05) is 0 Å². The zero-order chi connectivity index (χ0) is 14.5. The van der Waals surface area contributed by atoms with Crippen LogP contribution < -0.4 is 4.74 Å². The maximum absolute atomic E-state index is 12.1. The fourth-order valence-electron chi connectivity index (χ4n) is 1.98. The summed E-state index contributed by atoms with van der Waals surface area (Å²) in [7, 11) is 1.64. The van der Waals surface area contributed by atoms with Crippen LogP contribution in [0.5, 0.6) is 5.75 Å². The lowest BCUT2D eigenvalue weighted by Crippen LogP contribution is -2.32. The Bertz CT molecular complexity index is 401. The van der Waals surface area contributed by atoms with Gasteiger partial charge in [-0.25, -0.2) is 0 Å². The van der Waals surface area contributed by atoms with Crippen molar-refractivity contribution >= 4 is 5.97 Å². The molecule has 0 heterocycles. The number of benzene rings is 1. The second-order valence-electron chi connectivity index (χ2n) is 5.72. The molecule has 0 amide bonds. The highest BCUT2D eigenvalue weighted by Crippen LogP contribution is 2.30. The average molecular weight is 264 g/mol. The van der Waals surface area contributed by atoms with Gasteiger partial charge in [0.2, 0.25) is 0 Å². The van der Waals surface area contributed by atoms with Crippen molar-refractivity contribution < 1.29 is 14.3 Å². The predicted molar refractivity (Wildman–Crippen MR) is 76.3 cm³/mol. The van der Waals surface area contributed by atoms with E-state index in [0.29, 0.717) is 13.0 Å². The molecule has 106 valence electrons. The summed E-state index contributed by atoms with van der Waals surface area (Å²) in [6.45, 7) is 8.47. The normalized spacial score (nSPS) is 12.9. The summed E-state index contributed by atoms with van der Waals surface area (Å²) in [4.78, 5) is 12.1. The molecule has 1 atom stereocenters. The molecule has 1 aromatic carbocycles. The molecule has 0 bridgehead atoms. The van der Waals surface area contributed by atoms with Gasteiger partial charge < -0.3 is 9.47 Å². The Balaban J connectivity index is 2.84. The van der Waals surface area contributed by atoms with Crippen LogP contribution in [-0.4, -0.2) is 19.7 Å². The van der Waals surface area contributed by atoms with Crippen molar-refractivity contribution in [1.82, 2.24) is 0 Å². The minimum atomic E-state index is -0.138. The quantitative estimate of drug-likeness (QED) is 0.764. The Morgan fingerprint density at radius 3 is 2.21 bits per heavy atom. The minimum absolute atomic E-state index is 0.119. The Hall–Kier alpha value is -1.51. The van der Waals surface area contributed by atoms with Crippen LogP contribution in [0, 0.1) is 11.3 Å². The van der Waals surface area contributed by atoms with Crippen LogP contribution in [0.2, 0.25) is 0 Å². The average Bonchev–Trinajstić information content (AvgIpc) is 2.35. The summed E-state index contributed by atoms with van der Waals surface area (Å²) in [5.41, 5.74) is 1.00. The lowest BCUT2D eigenvalue weighted by molar-refractivity contribution is -0.151. The van der Waals surface area contributed by atoms with E-state index in [1.54, 1.807) is 7.11 Å². The number of esters is 1. The molecule has 3 nitrogen and oxygen atoms in total. The zero-order valence-corrected chi connectivity index (χ0v) is 12.5. The van der Waals surface area contributed by atoms with Crippen LogP contribution in [0.15, 0.2) is 24.3 Å². The number of hydrogen-bond acceptors (Lipinski definition) is 3. The molecular weight excluding hydrogens is 240 g/mol. The van der Waals surface area contributed by atoms with E-state index in [9.17, 15) is 4.79 Å². The Morgan fingerprint density at radius 1 is 1.21 bits per heavy atom. The first-order chi connectivity index (χ1) is 8.88. The largest absolute Gasteiger partial charge is 0.497 e. The van der Waals surface area contributed by atoms with Crippen molar-refractivity contribution in [2.45, 2.75) is 34.1 Å². The summed E-state index contributed by atoms with van der Waals surface area (Å²) in [5.74, 6) is 0.568. The first-order valence-electron chi connectivity index (χ1n) is 6.68. The number of carbonyl (C=O) groups is 1. The van der Waals surface area contributed by atoms with Crippen molar-refractivity contribution in [2.75, 3.05) is 13.7 Å². The number of rotatable bonds is 5. The SMILES string of the molecule is CCOC(=O)[C@@H](Cc1ccc(OC)cc1)C(C)(C)C. The minimum Gasteiger partial charge on any atom is -0.497 e. The van der Waals surface area contributed by atoms with E-state index in [1.165, 1.54) is 0 Å². The van der Waals surface area contributed by atoms with Gasteiger partial charge >= 0.3 is 5.97 Å². The fourth-order valence-corrected chi connectivity index (χ4v) is 1.98. The molecule has 0 N–H and O–H groups in total. The van der Waals surface area contributed by atoms with E-state index >= 15 is 0 Å². The topological polar surface area (TPSA) is 35.5 Å². The van der Waals surface area contributed by atoms with Crippen LogP contribution in [0.3, 0.4) is 0 Å². The monoisotopic (exact) mass is 264 g/mol. The van der Waals surface area contributed by atoms with Crippen LogP contribution >= 0.6 is 0 Å². The van der Waals surface area contributed by atoms with Crippen LogP contribution in [0.25, 0.3) is 0 Å². The molecule has 1 rings (SSSR count). The summed E-state index contributed by atoms with van der Waals surface area (Å²) in [5, 5.41) is 0. The standard InChI is InChI=1S/C16H24O3/c1-6-19-15(17)14(16(2,3)4)11-12-7-9-13(18-5)10-8-12/h7-10,14H,6,11H2,1-5H3/t14-/m1/s1. The smallest absolute Gasteiger partial charge is 0.309 e. The molecule has 0 saturated heterocycles. The van der Waals surface area contributed by atoms with Gasteiger partial charge in [-0.3, -0.25) is 4.79 Å². The third-order valence-electron chi connectivity index (χ3n) is 3.22. The molecule has 3 heteroatoms. The molecule has 0 fully saturated rings.